The van der Waals surface area contributed by atoms with Crippen molar-refractivity contribution < 1.29 is 20.1 Å². The Bertz CT molecular complexity index is 2710. The first-order valence-electron chi connectivity index (χ1n) is 21.6. The SMILES string of the molecule is CC(C)Cc1cc(-c2[c-]cccc2)nc[c]1[Ge]([CH3])([CH3])[CH3].CC(C)c1cc(-c2ccccc2)cc(C(C)C)c1-n1c(-c2[c-]sc3cc[c]([Ge]([CH3])([CH3])[CH3])cc23)nc2ccccc21.[Ir]. The fraction of sp³-hybridized carbons (Fsp3) is 0.296. The molecule has 0 unspecified atom stereocenters. The summed E-state index contributed by atoms with van der Waals surface area (Å²) in [5.41, 5.74) is 13.4. The number of pyridine rings is 1. The van der Waals surface area contributed by atoms with E-state index in [4.69, 9.17) is 9.97 Å². The molecule has 61 heavy (non-hydrogen) atoms. The van der Waals surface area contributed by atoms with Gasteiger partial charge < -0.3 is 0 Å². The van der Waals surface area contributed by atoms with Crippen LogP contribution >= 0.6 is 11.3 Å². The summed E-state index contributed by atoms with van der Waals surface area (Å²) in [6.45, 7) is 13.8. The Hall–Kier alpha value is -3.58. The third kappa shape index (κ3) is 10.5. The third-order valence-corrected chi connectivity index (χ3v) is 20.8. The summed E-state index contributed by atoms with van der Waals surface area (Å²) in [4.78, 5) is 10.0. The van der Waals surface area contributed by atoms with Crippen LogP contribution in [-0.2, 0) is 26.5 Å². The third-order valence-electron chi connectivity index (χ3n) is 11.3. The molecule has 0 saturated heterocycles. The van der Waals surface area contributed by atoms with Crippen LogP contribution in [0.5, 0.6) is 0 Å². The van der Waals surface area contributed by atoms with Gasteiger partial charge in [0.1, 0.15) is 0 Å². The van der Waals surface area contributed by atoms with Crippen molar-refractivity contribution in [2.24, 2.45) is 5.92 Å². The molecule has 0 aliphatic carbocycles. The number of benzene rings is 5. The zero-order chi connectivity index (χ0) is 42.9. The number of thiophene rings is 1. The predicted octanol–water partition coefficient (Wildman–Crippen LogP) is 14.5. The smallest absolute Gasteiger partial charge is 0 e. The summed E-state index contributed by atoms with van der Waals surface area (Å²) in [5, 5.41) is 4.97. The first-order chi connectivity index (χ1) is 28.5. The Balaban J connectivity index is 0.000000250. The van der Waals surface area contributed by atoms with Crippen molar-refractivity contribution in [3.8, 4) is 39.5 Å². The Morgan fingerprint density at radius 3 is 1.95 bits per heavy atom. The van der Waals surface area contributed by atoms with Gasteiger partial charge in [-0.05, 0) is 0 Å². The fourth-order valence-electron chi connectivity index (χ4n) is 8.12. The van der Waals surface area contributed by atoms with E-state index in [2.05, 4.69) is 195 Å². The summed E-state index contributed by atoms with van der Waals surface area (Å²) in [6, 6.07) is 44.9. The molecule has 8 rings (SSSR count). The molecule has 0 bridgehead atoms. The van der Waals surface area contributed by atoms with Gasteiger partial charge in [0.25, 0.3) is 0 Å². The van der Waals surface area contributed by atoms with E-state index in [0.29, 0.717) is 17.8 Å². The molecule has 0 saturated carbocycles. The number of para-hydroxylation sites is 2. The molecule has 0 N–H and O–H groups in total. The van der Waals surface area contributed by atoms with Gasteiger partial charge in [-0.2, -0.15) is 0 Å². The molecule has 0 spiro atoms. The van der Waals surface area contributed by atoms with E-state index in [-0.39, 0.29) is 20.1 Å². The normalized spacial score (nSPS) is 12.0. The van der Waals surface area contributed by atoms with Crippen molar-refractivity contribution in [2.75, 3.05) is 0 Å². The minimum atomic E-state index is -2.02. The molecule has 1 radical (unpaired) electrons. The fourth-order valence-corrected chi connectivity index (χ4v) is 14.7. The first-order valence-corrected chi connectivity index (χ1v) is 37.1. The molecule has 5 aromatic carbocycles. The predicted molar refractivity (Wildman–Crippen MR) is 267 cm³/mol. The average Bonchev–Trinajstić information content (AvgIpc) is 3.81. The van der Waals surface area contributed by atoms with Gasteiger partial charge in [-0.25, -0.2) is 0 Å². The van der Waals surface area contributed by atoms with Crippen LogP contribution in [-0.4, -0.2) is 41.1 Å². The van der Waals surface area contributed by atoms with Crippen LogP contribution in [0.2, 0.25) is 34.5 Å². The number of fused-ring (bicyclic) bond motifs is 2. The van der Waals surface area contributed by atoms with Gasteiger partial charge in [-0.15, -0.1) is 0 Å². The van der Waals surface area contributed by atoms with Crippen LogP contribution in [0.1, 0.15) is 70.1 Å². The molecular formula is C54H61Ge2IrN3S-2. The molecule has 0 aliphatic rings. The zero-order valence-electron chi connectivity index (χ0n) is 38.1. The standard InChI is InChI=1S/C36H37GeN2S.C18H24GeN.Ir/c1-23(2)28-19-26(25-13-9-8-10-14-25)20-29(24(3)4)35(28)39-33-16-12-11-15-32(33)38-36(39)31-22-40-34-18-17-27(21-30(31)34)37(5,6)7;1-14(2)11-16-12-18(15-9-7-6-8-10-15)20-13-17(16)19(3,4)5;/h8-21,23-24H,1-7H3;6-9,12-14H,11H2,1-5H3;/q2*-1;. The minimum Gasteiger partial charge on any atom is 0 e. The largest absolute Gasteiger partial charge is 0 e. The van der Waals surface area contributed by atoms with Crippen molar-refractivity contribution in [3.63, 3.8) is 0 Å². The molecule has 7 heteroatoms. The average molecular weight is 1120 g/mol. The molecule has 0 atom stereocenters. The van der Waals surface area contributed by atoms with E-state index < -0.39 is 26.5 Å². The molecule has 8 aromatic rings. The van der Waals surface area contributed by atoms with Crippen molar-refractivity contribution in [2.45, 2.75) is 94.3 Å². The van der Waals surface area contributed by atoms with Crippen LogP contribution in [0.25, 0.3) is 60.6 Å². The topological polar surface area (TPSA) is 30.7 Å². The quantitative estimate of drug-likeness (QED) is 0.101. The first kappa shape index (κ1) is 46.9. The van der Waals surface area contributed by atoms with E-state index in [0.717, 1.165) is 40.1 Å². The monoisotopic (exact) mass is 1120 g/mol. The van der Waals surface area contributed by atoms with Crippen LogP contribution in [0, 0.1) is 17.4 Å². The van der Waals surface area contributed by atoms with Crippen molar-refractivity contribution in [3.05, 3.63) is 150 Å². The molecule has 0 amide bonds. The van der Waals surface area contributed by atoms with Crippen molar-refractivity contribution in [1.82, 2.24) is 14.5 Å². The Labute approximate surface area is 388 Å². The maximum Gasteiger partial charge on any atom is 0 e. The maximum atomic E-state index is 5.31. The Morgan fingerprint density at radius 2 is 1.34 bits per heavy atom. The van der Waals surface area contributed by atoms with Gasteiger partial charge in [0, 0.05) is 20.1 Å². The summed E-state index contributed by atoms with van der Waals surface area (Å²) in [6.07, 6.45) is 3.27. The van der Waals surface area contributed by atoms with Gasteiger partial charge in [-0.3, -0.25) is 0 Å². The molecule has 317 valence electrons. The van der Waals surface area contributed by atoms with Gasteiger partial charge in [-0.1, -0.05) is 18.2 Å². The molecule has 0 aliphatic heterocycles. The molecule has 0 fully saturated rings. The van der Waals surface area contributed by atoms with E-state index in [1.807, 2.05) is 18.2 Å². The maximum absolute atomic E-state index is 5.31. The van der Waals surface area contributed by atoms with E-state index in [9.17, 15) is 0 Å². The Kier molecular flexibility index (Phi) is 14.9. The minimum absolute atomic E-state index is 0. The van der Waals surface area contributed by atoms with Gasteiger partial charge >= 0.3 is 353 Å². The molecule has 3 nitrogen and oxygen atoms in total. The molecular weight excluding hydrogens is 1060 g/mol. The number of hydrogen-bond acceptors (Lipinski definition) is 3. The summed E-state index contributed by atoms with van der Waals surface area (Å²) >= 11 is -2.17. The van der Waals surface area contributed by atoms with Crippen molar-refractivity contribution in [1.29, 1.82) is 0 Å². The second-order valence-electron chi connectivity index (χ2n) is 19.3. The van der Waals surface area contributed by atoms with Gasteiger partial charge in [0.2, 0.25) is 0 Å². The number of imidazole rings is 1. The molecule has 3 heterocycles. The summed E-state index contributed by atoms with van der Waals surface area (Å²) in [7, 11) is 0. The van der Waals surface area contributed by atoms with E-state index in [1.54, 1.807) is 15.7 Å². The summed E-state index contributed by atoms with van der Waals surface area (Å²) in [5.74, 6) is 17.1. The molecule has 3 aromatic heterocycles. The van der Waals surface area contributed by atoms with Crippen molar-refractivity contribution >= 4 is 67.8 Å². The number of nitrogens with zero attached hydrogens (tertiary/aromatic N) is 3. The van der Waals surface area contributed by atoms with Crippen LogP contribution in [0.15, 0.2) is 121 Å². The van der Waals surface area contributed by atoms with Crippen LogP contribution < -0.4 is 8.79 Å². The van der Waals surface area contributed by atoms with E-state index >= 15 is 0 Å². The second kappa shape index (κ2) is 19.4. The Morgan fingerprint density at radius 1 is 0.689 bits per heavy atom. The zero-order valence-corrected chi connectivity index (χ0v) is 45.5. The van der Waals surface area contributed by atoms with Crippen LogP contribution in [0.3, 0.4) is 0 Å². The van der Waals surface area contributed by atoms with Gasteiger partial charge in [0.05, 0.1) is 0 Å². The number of rotatable bonds is 10. The van der Waals surface area contributed by atoms with Crippen LogP contribution in [0.4, 0.5) is 0 Å². The second-order valence-corrected chi connectivity index (χ2v) is 41.4. The van der Waals surface area contributed by atoms with Gasteiger partial charge in [0.15, 0.2) is 0 Å². The summed E-state index contributed by atoms with van der Waals surface area (Å²) < 4.78 is 6.77. The van der Waals surface area contributed by atoms with E-state index in [1.165, 1.54) is 48.0 Å². The number of hydrogen-bond donors (Lipinski definition) is 0. The number of aromatic nitrogens is 3.